The van der Waals surface area contributed by atoms with Crippen LogP contribution in [0, 0.1) is 5.92 Å². The molecule has 0 saturated heterocycles. The van der Waals surface area contributed by atoms with E-state index in [9.17, 15) is 9.59 Å². The van der Waals surface area contributed by atoms with E-state index in [2.05, 4.69) is 5.32 Å². The van der Waals surface area contributed by atoms with Crippen molar-refractivity contribution < 1.29 is 19.1 Å². The quantitative estimate of drug-likeness (QED) is 0.790. The van der Waals surface area contributed by atoms with Crippen LogP contribution in [-0.4, -0.2) is 25.1 Å². The Morgan fingerprint density at radius 2 is 1.85 bits per heavy atom. The Morgan fingerprint density at radius 1 is 1.12 bits per heavy atom. The average molecular weight is 394 g/mol. The van der Waals surface area contributed by atoms with E-state index in [0.29, 0.717) is 23.0 Å². The van der Waals surface area contributed by atoms with Crippen molar-refractivity contribution in [2.24, 2.45) is 5.92 Å². The lowest BCUT2D eigenvalue weighted by Gasteiger charge is -2.24. The molecule has 2 aromatic rings. The van der Waals surface area contributed by atoms with E-state index in [1.807, 2.05) is 12.1 Å². The summed E-state index contributed by atoms with van der Waals surface area (Å²) in [4.78, 5) is 24.0. The highest BCUT2D eigenvalue weighted by molar-refractivity contribution is 6.30. The minimum absolute atomic E-state index is 0.222. The van der Waals surface area contributed by atoms with Gasteiger partial charge in [-0.3, -0.25) is 9.59 Å². The molecule has 136 valence electrons. The molecule has 0 spiro atoms. The first-order valence-corrected chi connectivity index (χ1v) is 8.86. The van der Waals surface area contributed by atoms with Crippen LogP contribution in [0.3, 0.4) is 0 Å². The predicted molar refractivity (Wildman–Crippen MR) is 98.4 cm³/mol. The zero-order valence-corrected chi connectivity index (χ0v) is 15.3. The van der Waals surface area contributed by atoms with Gasteiger partial charge in [0.05, 0.1) is 5.92 Å². The van der Waals surface area contributed by atoms with Crippen molar-refractivity contribution in [1.29, 1.82) is 0 Å². The molecule has 3 rings (SSSR count). The summed E-state index contributed by atoms with van der Waals surface area (Å²) in [5, 5.41) is 3.91. The lowest BCUT2D eigenvalue weighted by Crippen LogP contribution is -2.33. The van der Waals surface area contributed by atoms with Gasteiger partial charge in [-0.1, -0.05) is 35.3 Å². The molecule has 0 saturated carbocycles. The maximum atomic E-state index is 12.2. The van der Waals surface area contributed by atoms with Gasteiger partial charge >= 0.3 is 5.97 Å². The number of halogens is 2. The summed E-state index contributed by atoms with van der Waals surface area (Å²) in [7, 11) is 0. The van der Waals surface area contributed by atoms with E-state index >= 15 is 0 Å². The Balaban J connectivity index is 1.45. The van der Waals surface area contributed by atoms with Crippen molar-refractivity contribution in [2.45, 2.75) is 13.0 Å². The van der Waals surface area contributed by atoms with Crippen LogP contribution < -0.4 is 10.1 Å². The van der Waals surface area contributed by atoms with Gasteiger partial charge in [0.2, 0.25) is 0 Å². The number of nitrogens with one attached hydrogen (secondary N) is 1. The molecular formula is C19H17Cl2NO4. The van der Waals surface area contributed by atoms with Crippen LogP contribution in [0.5, 0.6) is 5.75 Å². The highest BCUT2D eigenvalue weighted by Gasteiger charge is 2.27. The number of fused-ring (bicyclic) bond motifs is 1. The van der Waals surface area contributed by atoms with Crippen molar-refractivity contribution in [3.8, 4) is 5.75 Å². The molecule has 1 aliphatic heterocycles. The number of benzene rings is 2. The fraction of sp³-hybridized carbons (Fsp3) is 0.263. The first kappa shape index (κ1) is 18.5. The standard InChI is InChI=1S/C19H17Cl2NO4/c20-15-3-1-12(2-4-15)9-22-18(23)11-26-19(24)14-7-13-8-16(21)5-6-17(13)25-10-14/h1-6,8,14H,7,9-11H2,(H,22,23)/t14-/m1/s1. The Labute approximate surface area is 161 Å². The van der Waals surface area contributed by atoms with Crippen LogP contribution in [0.2, 0.25) is 10.0 Å². The molecule has 2 aromatic carbocycles. The van der Waals surface area contributed by atoms with Crippen molar-refractivity contribution in [3.05, 3.63) is 63.6 Å². The molecule has 5 nitrogen and oxygen atoms in total. The van der Waals surface area contributed by atoms with Gasteiger partial charge in [-0.25, -0.2) is 0 Å². The second-order valence-electron chi connectivity index (χ2n) is 5.98. The fourth-order valence-electron chi connectivity index (χ4n) is 2.62. The van der Waals surface area contributed by atoms with Gasteiger partial charge in [0, 0.05) is 16.6 Å². The largest absolute Gasteiger partial charge is 0.492 e. The van der Waals surface area contributed by atoms with E-state index in [4.69, 9.17) is 32.7 Å². The van der Waals surface area contributed by atoms with Gasteiger partial charge in [-0.15, -0.1) is 0 Å². The monoisotopic (exact) mass is 393 g/mol. The Morgan fingerprint density at radius 3 is 2.62 bits per heavy atom. The molecule has 0 unspecified atom stereocenters. The first-order chi connectivity index (χ1) is 12.5. The van der Waals surface area contributed by atoms with Gasteiger partial charge in [-0.05, 0) is 47.9 Å². The van der Waals surface area contributed by atoms with Gasteiger partial charge < -0.3 is 14.8 Å². The molecule has 1 amide bonds. The van der Waals surface area contributed by atoms with Crippen molar-refractivity contribution in [3.63, 3.8) is 0 Å². The van der Waals surface area contributed by atoms with Gasteiger partial charge in [-0.2, -0.15) is 0 Å². The highest BCUT2D eigenvalue weighted by Crippen LogP contribution is 2.30. The summed E-state index contributed by atoms with van der Waals surface area (Å²) in [5.74, 6) is -0.560. The van der Waals surface area contributed by atoms with Gasteiger partial charge in [0.1, 0.15) is 12.4 Å². The molecule has 0 aromatic heterocycles. The van der Waals surface area contributed by atoms with Crippen LogP contribution >= 0.6 is 23.2 Å². The number of hydrogen-bond acceptors (Lipinski definition) is 4. The number of esters is 1. The Kier molecular flexibility index (Phi) is 6.01. The Hall–Kier alpha value is -2.24. The summed E-state index contributed by atoms with van der Waals surface area (Å²) < 4.78 is 10.7. The summed E-state index contributed by atoms with van der Waals surface area (Å²) >= 11 is 11.8. The Bertz CT molecular complexity index is 808. The topological polar surface area (TPSA) is 64.6 Å². The lowest BCUT2D eigenvalue weighted by molar-refractivity contribution is -0.153. The summed E-state index contributed by atoms with van der Waals surface area (Å²) in [6.45, 7) is 0.233. The average Bonchev–Trinajstić information content (AvgIpc) is 2.65. The minimum Gasteiger partial charge on any atom is -0.492 e. The summed E-state index contributed by atoms with van der Waals surface area (Å²) in [5.41, 5.74) is 1.76. The van der Waals surface area contributed by atoms with E-state index < -0.39 is 11.9 Å². The highest BCUT2D eigenvalue weighted by atomic mass is 35.5. The van der Waals surface area contributed by atoms with Gasteiger partial charge in [0.15, 0.2) is 6.61 Å². The molecule has 0 fully saturated rings. The van der Waals surface area contributed by atoms with Crippen molar-refractivity contribution >= 4 is 35.1 Å². The molecule has 1 aliphatic rings. The summed E-state index contributed by atoms with van der Waals surface area (Å²) in [6.07, 6.45) is 0.473. The molecule has 7 heteroatoms. The van der Waals surface area contributed by atoms with Crippen LogP contribution in [0.15, 0.2) is 42.5 Å². The molecule has 1 N–H and O–H groups in total. The second kappa shape index (κ2) is 8.43. The normalized spacial score (nSPS) is 15.5. The molecule has 1 atom stereocenters. The van der Waals surface area contributed by atoms with Crippen LogP contribution in [0.25, 0.3) is 0 Å². The van der Waals surface area contributed by atoms with E-state index in [1.165, 1.54) is 0 Å². The third-order valence-electron chi connectivity index (χ3n) is 4.01. The molecule has 1 heterocycles. The smallest absolute Gasteiger partial charge is 0.313 e. The lowest BCUT2D eigenvalue weighted by atomic mass is 9.97. The molecule has 0 bridgehead atoms. The predicted octanol–water partition coefficient (Wildman–Crippen LogP) is 3.40. The SMILES string of the molecule is O=C(COC(=O)[C@H]1COc2ccc(Cl)cc2C1)NCc1ccc(Cl)cc1. The molecule has 0 aliphatic carbocycles. The second-order valence-corrected chi connectivity index (χ2v) is 6.85. The van der Waals surface area contributed by atoms with E-state index in [0.717, 1.165) is 16.9 Å². The zero-order chi connectivity index (χ0) is 18.5. The molecule has 0 radical (unpaired) electrons. The third-order valence-corrected chi connectivity index (χ3v) is 4.50. The third kappa shape index (κ3) is 4.90. The van der Waals surface area contributed by atoms with Crippen molar-refractivity contribution in [2.75, 3.05) is 13.2 Å². The fourth-order valence-corrected chi connectivity index (χ4v) is 2.94. The maximum absolute atomic E-state index is 12.2. The van der Waals surface area contributed by atoms with Crippen LogP contribution in [-0.2, 0) is 27.3 Å². The van der Waals surface area contributed by atoms with Crippen LogP contribution in [0.4, 0.5) is 0 Å². The first-order valence-electron chi connectivity index (χ1n) is 8.10. The van der Waals surface area contributed by atoms with E-state index in [1.54, 1.807) is 30.3 Å². The number of hydrogen-bond donors (Lipinski definition) is 1. The van der Waals surface area contributed by atoms with E-state index in [-0.39, 0.29) is 19.1 Å². The van der Waals surface area contributed by atoms with Gasteiger partial charge in [0.25, 0.3) is 5.91 Å². The van der Waals surface area contributed by atoms with Crippen molar-refractivity contribution in [1.82, 2.24) is 5.32 Å². The number of carbonyl (C=O) groups excluding carboxylic acids is 2. The number of ether oxygens (including phenoxy) is 2. The zero-order valence-electron chi connectivity index (χ0n) is 13.8. The number of carbonyl (C=O) groups is 2. The summed E-state index contributed by atoms with van der Waals surface area (Å²) in [6, 6.07) is 12.4. The maximum Gasteiger partial charge on any atom is 0.313 e. The number of amides is 1. The molecule has 26 heavy (non-hydrogen) atoms. The minimum atomic E-state index is -0.461. The van der Waals surface area contributed by atoms with Crippen LogP contribution in [0.1, 0.15) is 11.1 Å². The number of rotatable bonds is 5. The molecular weight excluding hydrogens is 377 g/mol.